The molecule has 0 N–H and O–H groups in total. The number of likely N-dealkylation sites (N-methyl/N-ethyl adjacent to an activating group) is 1. The molecule has 1 aliphatic rings. The number of fused-ring (bicyclic) bond motifs is 2. The van der Waals surface area contributed by atoms with Crippen LogP contribution in [0.3, 0.4) is 0 Å². The van der Waals surface area contributed by atoms with Crippen LogP contribution in [0.2, 0.25) is 0 Å². The Morgan fingerprint density at radius 3 is 2.57 bits per heavy atom. The highest BCUT2D eigenvalue weighted by Crippen LogP contribution is 2.36. The molecule has 2 aromatic carbocycles. The Balaban J connectivity index is 1.74. The maximum atomic E-state index is 13.4. The van der Waals surface area contributed by atoms with E-state index in [1.165, 1.54) is 5.56 Å². The van der Waals surface area contributed by atoms with Crippen LogP contribution in [0.4, 0.5) is 5.13 Å². The van der Waals surface area contributed by atoms with Crippen molar-refractivity contribution in [3.63, 3.8) is 0 Å². The van der Waals surface area contributed by atoms with E-state index in [0.29, 0.717) is 23.6 Å². The van der Waals surface area contributed by atoms with Gasteiger partial charge in [0.2, 0.25) is 6.79 Å². The molecular weight excluding hydrogens is 374 g/mol. The van der Waals surface area contributed by atoms with Gasteiger partial charge in [0.05, 0.1) is 10.2 Å². The van der Waals surface area contributed by atoms with Gasteiger partial charge < -0.3 is 14.4 Å². The number of hydrogen-bond acceptors (Lipinski definition) is 6. The Morgan fingerprint density at radius 2 is 1.82 bits per heavy atom. The lowest BCUT2D eigenvalue weighted by Gasteiger charge is -2.22. The highest BCUT2D eigenvalue weighted by Gasteiger charge is 2.24. The molecule has 6 nitrogen and oxygen atoms in total. The van der Waals surface area contributed by atoms with Crippen LogP contribution in [-0.2, 0) is 0 Å². The lowest BCUT2D eigenvalue weighted by Crippen LogP contribution is -2.36. The average molecular weight is 398 g/mol. The molecule has 0 aliphatic carbocycles. The molecule has 0 bridgehead atoms. The van der Waals surface area contributed by atoms with E-state index in [1.54, 1.807) is 34.4 Å². The highest BCUT2D eigenvalue weighted by atomic mass is 32.1. The molecule has 0 radical (unpaired) electrons. The number of benzene rings is 2. The van der Waals surface area contributed by atoms with Gasteiger partial charge in [-0.25, -0.2) is 4.98 Å². The van der Waals surface area contributed by atoms with Gasteiger partial charge in [0.15, 0.2) is 16.6 Å². The third-order valence-electron chi connectivity index (χ3n) is 4.80. The number of thiazole rings is 1. The first-order chi connectivity index (χ1) is 13.4. The number of aryl methyl sites for hydroxylation is 2. The van der Waals surface area contributed by atoms with Gasteiger partial charge in [-0.2, -0.15) is 0 Å². The Labute approximate surface area is 168 Å². The normalized spacial score (nSPS) is 12.8. The van der Waals surface area contributed by atoms with Crippen LogP contribution >= 0.6 is 11.3 Å². The molecule has 0 saturated heterocycles. The van der Waals surface area contributed by atoms with Crippen molar-refractivity contribution in [1.29, 1.82) is 0 Å². The lowest BCUT2D eigenvalue weighted by atomic mass is 10.1. The predicted octanol–water partition coefficient (Wildman–Crippen LogP) is 3.85. The second-order valence-electron chi connectivity index (χ2n) is 7.20. The van der Waals surface area contributed by atoms with Gasteiger partial charge >= 0.3 is 0 Å². The fraction of sp³-hybridized carbons (Fsp3) is 0.333. The number of anilines is 1. The monoisotopic (exact) mass is 397 g/mol. The molecule has 28 heavy (non-hydrogen) atoms. The van der Waals surface area contributed by atoms with Gasteiger partial charge in [-0.05, 0) is 57.3 Å². The van der Waals surface area contributed by atoms with Gasteiger partial charge in [-0.15, -0.1) is 0 Å². The second-order valence-corrected chi connectivity index (χ2v) is 8.18. The van der Waals surface area contributed by atoms with Crippen LogP contribution in [-0.4, -0.2) is 49.8 Å². The zero-order valence-corrected chi connectivity index (χ0v) is 17.3. The molecule has 146 valence electrons. The maximum Gasteiger partial charge on any atom is 0.260 e. The van der Waals surface area contributed by atoms with Crippen molar-refractivity contribution < 1.29 is 14.3 Å². The Morgan fingerprint density at radius 1 is 1.07 bits per heavy atom. The summed E-state index contributed by atoms with van der Waals surface area (Å²) in [5.41, 5.74) is 3.82. The zero-order chi connectivity index (χ0) is 19.8. The van der Waals surface area contributed by atoms with E-state index >= 15 is 0 Å². The van der Waals surface area contributed by atoms with Crippen LogP contribution in [0.25, 0.3) is 10.2 Å². The van der Waals surface area contributed by atoms with E-state index in [0.717, 1.165) is 27.5 Å². The molecule has 0 unspecified atom stereocenters. The van der Waals surface area contributed by atoms with E-state index in [1.807, 2.05) is 14.1 Å². The highest BCUT2D eigenvalue weighted by molar-refractivity contribution is 7.22. The third kappa shape index (κ3) is 3.43. The molecular formula is C21H23N3O3S. The molecule has 2 heterocycles. The lowest BCUT2D eigenvalue weighted by molar-refractivity contribution is 0.0984. The molecule has 0 fully saturated rings. The summed E-state index contributed by atoms with van der Waals surface area (Å²) < 4.78 is 11.9. The smallest absolute Gasteiger partial charge is 0.260 e. The number of carbonyl (C=O) groups excluding carboxylic acids is 1. The van der Waals surface area contributed by atoms with Crippen LogP contribution < -0.4 is 14.4 Å². The molecule has 7 heteroatoms. The molecule has 4 rings (SSSR count). The Bertz CT molecular complexity index is 1010. The first-order valence-corrected chi connectivity index (χ1v) is 9.98. The number of amides is 1. The van der Waals surface area contributed by atoms with E-state index in [2.05, 4.69) is 30.9 Å². The first-order valence-electron chi connectivity index (χ1n) is 9.17. The van der Waals surface area contributed by atoms with Crippen molar-refractivity contribution in [3.8, 4) is 11.5 Å². The minimum Gasteiger partial charge on any atom is -0.454 e. The quantitative estimate of drug-likeness (QED) is 0.655. The van der Waals surface area contributed by atoms with Gasteiger partial charge in [0.25, 0.3) is 5.91 Å². The Hall–Kier alpha value is -2.64. The van der Waals surface area contributed by atoms with Crippen LogP contribution in [0, 0.1) is 13.8 Å². The molecule has 0 atom stereocenters. The van der Waals surface area contributed by atoms with Crippen LogP contribution in [0.5, 0.6) is 11.5 Å². The number of rotatable bonds is 5. The fourth-order valence-electron chi connectivity index (χ4n) is 3.13. The summed E-state index contributed by atoms with van der Waals surface area (Å²) in [7, 11) is 3.99. The SMILES string of the molecule is Cc1ccc(C)c2sc(N(CCN(C)C)C(=O)c3ccc4c(c3)OCO4)nc12. The molecule has 3 aromatic rings. The van der Waals surface area contributed by atoms with Crippen molar-refractivity contribution >= 4 is 32.6 Å². The standard InChI is InChI=1S/C21H23N3O3S/c1-13-5-6-14(2)19-18(13)22-21(28-19)24(10-9-23(3)4)20(25)15-7-8-16-17(11-15)27-12-26-16/h5-8,11H,9-10,12H2,1-4H3. The predicted molar refractivity (Wildman–Crippen MR) is 112 cm³/mol. The second kappa shape index (κ2) is 7.41. The fourth-order valence-corrected chi connectivity index (χ4v) is 4.27. The topological polar surface area (TPSA) is 54.9 Å². The van der Waals surface area contributed by atoms with E-state index in [9.17, 15) is 4.79 Å². The summed E-state index contributed by atoms with van der Waals surface area (Å²) in [6.07, 6.45) is 0. The van der Waals surface area contributed by atoms with Gasteiger partial charge in [-0.1, -0.05) is 23.5 Å². The summed E-state index contributed by atoms with van der Waals surface area (Å²) in [5.74, 6) is 1.19. The maximum absolute atomic E-state index is 13.4. The van der Waals surface area contributed by atoms with Gasteiger partial charge in [-0.3, -0.25) is 9.69 Å². The summed E-state index contributed by atoms with van der Waals surface area (Å²) in [5, 5.41) is 0.719. The molecule has 1 amide bonds. The van der Waals surface area contributed by atoms with Crippen molar-refractivity contribution in [1.82, 2.24) is 9.88 Å². The number of hydrogen-bond donors (Lipinski definition) is 0. The average Bonchev–Trinajstić information content (AvgIpc) is 3.31. The first kappa shape index (κ1) is 18.7. The van der Waals surface area contributed by atoms with E-state index < -0.39 is 0 Å². The zero-order valence-electron chi connectivity index (χ0n) is 16.5. The molecule has 0 saturated carbocycles. The van der Waals surface area contributed by atoms with Crippen molar-refractivity contribution in [2.45, 2.75) is 13.8 Å². The Kier molecular flexibility index (Phi) is 4.95. The molecule has 1 aromatic heterocycles. The molecule has 0 spiro atoms. The summed E-state index contributed by atoms with van der Waals surface area (Å²) in [6.45, 7) is 5.61. The summed E-state index contributed by atoms with van der Waals surface area (Å²) in [6, 6.07) is 9.49. The molecule has 1 aliphatic heterocycles. The number of carbonyl (C=O) groups is 1. The van der Waals surface area contributed by atoms with Crippen molar-refractivity contribution in [2.24, 2.45) is 0 Å². The largest absolute Gasteiger partial charge is 0.454 e. The van der Waals surface area contributed by atoms with E-state index in [-0.39, 0.29) is 12.7 Å². The van der Waals surface area contributed by atoms with Gasteiger partial charge in [0.1, 0.15) is 0 Å². The van der Waals surface area contributed by atoms with Gasteiger partial charge in [0, 0.05) is 18.7 Å². The third-order valence-corrected chi connectivity index (χ3v) is 6.01. The van der Waals surface area contributed by atoms with Crippen molar-refractivity contribution in [2.75, 3.05) is 38.9 Å². The minimum absolute atomic E-state index is 0.0884. The van der Waals surface area contributed by atoms with Crippen LogP contribution in [0.1, 0.15) is 21.5 Å². The number of nitrogens with zero attached hydrogens (tertiary/aromatic N) is 3. The minimum atomic E-state index is -0.0884. The van der Waals surface area contributed by atoms with E-state index in [4.69, 9.17) is 14.5 Å². The summed E-state index contributed by atoms with van der Waals surface area (Å²) in [4.78, 5) is 22.0. The number of ether oxygens (including phenoxy) is 2. The summed E-state index contributed by atoms with van der Waals surface area (Å²) >= 11 is 1.57. The van der Waals surface area contributed by atoms with Crippen LogP contribution in [0.15, 0.2) is 30.3 Å². The van der Waals surface area contributed by atoms with Crippen molar-refractivity contribution in [3.05, 3.63) is 47.0 Å². The number of aromatic nitrogens is 1.